The summed E-state index contributed by atoms with van der Waals surface area (Å²) in [6.45, 7) is 1.94. The Kier molecular flexibility index (Phi) is 4.57. The van der Waals surface area contributed by atoms with E-state index in [1.165, 1.54) is 0 Å². The zero-order valence-corrected chi connectivity index (χ0v) is 12.7. The van der Waals surface area contributed by atoms with E-state index in [0.717, 1.165) is 11.1 Å². The first-order chi connectivity index (χ1) is 10.7. The van der Waals surface area contributed by atoms with Crippen LogP contribution >= 0.6 is 0 Å². The molecule has 0 radical (unpaired) electrons. The van der Waals surface area contributed by atoms with Gasteiger partial charge in [-0.2, -0.15) is 0 Å². The van der Waals surface area contributed by atoms with Crippen LogP contribution in [0.25, 0.3) is 0 Å². The van der Waals surface area contributed by atoms with Crippen LogP contribution in [0.1, 0.15) is 30.4 Å². The van der Waals surface area contributed by atoms with Crippen molar-refractivity contribution in [2.24, 2.45) is 0 Å². The van der Waals surface area contributed by atoms with E-state index in [1.54, 1.807) is 0 Å². The molecule has 0 unspecified atom stereocenters. The molecule has 3 nitrogen and oxygen atoms in total. The number of rotatable bonds is 3. The van der Waals surface area contributed by atoms with E-state index < -0.39 is 18.3 Å². The third-order valence-electron chi connectivity index (χ3n) is 4.34. The Morgan fingerprint density at radius 3 is 1.91 bits per heavy atom. The van der Waals surface area contributed by atoms with E-state index in [2.05, 4.69) is 0 Å². The molecule has 0 bridgehead atoms. The summed E-state index contributed by atoms with van der Waals surface area (Å²) in [5.74, 6) is -0.102. The molecule has 3 rings (SSSR count). The van der Waals surface area contributed by atoms with E-state index in [-0.39, 0.29) is 12.0 Å². The van der Waals surface area contributed by atoms with E-state index >= 15 is 0 Å². The smallest absolute Gasteiger partial charge is 0.107 e. The minimum absolute atomic E-state index is 0.0710. The number of aliphatic hydroxyl groups excluding tert-OH is 2. The van der Waals surface area contributed by atoms with Crippen LogP contribution in [0.4, 0.5) is 0 Å². The molecule has 4 atom stereocenters. The minimum atomic E-state index is -0.887. The maximum Gasteiger partial charge on any atom is 0.107 e. The van der Waals surface area contributed by atoms with E-state index in [0.29, 0.717) is 6.42 Å². The lowest BCUT2D eigenvalue weighted by Crippen LogP contribution is -2.50. The molecule has 22 heavy (non-hydrogen) atoms. The second-order valence-corrected chi connectivity index (χ2v) is 6.00. The summed E-state index contributed by atoms with van der Waals surface area (Å²) in [5, 5.41) is 20.6. The fraction of sp³-hybridized carbons (Fsp3) is 0.368. The van der Waals surface area contributed by atoms with E-state index in [1.807, 2.05) is 67.6 Å². The molecule has 2 N–H and O–H groups in total. The molecular weight excluding hydrogens is 276 g/mol. The largest absolute Gasteiger partial charge is 0.390 e. The van der Waals surface area contributed by atoms with E-state index in [4.69, 9.17) is 4.74 Å². The number of ether oxygens (including phenoxy) is 1. The van der Waals surface area contributed by atoms with Gasteiger partial charge < -0.3 is 14.9 Å². The van der Waals surface area contributed by atoms with Crippen LogP contribution in [0.5, 0.6) is 0 Å². The predicted octanol–water partition coefficient (Wildman–Crippen LogP) is 2.72. The SMILES string of the molecule is C[C@H]1C[C@H](O)[C@H](O)[C@@H](C(c2ccccc2)c2ccccc2)O1. The molecule has 1 fully saturated rings. The molecular formula is C19H22O3. The summed E-state index contributed by atoms with van der Waals surface area (Å²) in [5.41, 5.74) is 2.16. The van der Waals surface area contributed by atoms with Crippen molar-refractivity contribution in [3.05, 3.63) is 71.8 Å². The highest BCUT2D eigenvalue weighted by Crippen LogP contribution is 2.36. The summed E-state index contributed by atoms with van der Waals surface area (Å²) >= 11 is 0. The average Bonchev–Trinajstić information content (AvgIpc) is 2.54. The Bertz CT molecular complexity index is 545. The van der Waals surface area contributed by atoms with Crippen molar-refractivity contribution in [1.82, 2.24) is 0 Å². The molecule has 1 saturated heterocycles. The molecule has 0 saturated carbocycles. The monoisotopic (exact) mass is 298 g/mol. The Balaban J connectivity index is 2.02. The van der Waals surface area contributed by atoms with Gasteiger partial charge in [-0.3, -0.25) is 0 Å². The number of aliphatic hydroxyl groups is 2. The number of benzene rings is 2. The lowest BCUT2D eigenvalue weighted by atomic mass is 9.81. The van der Waals surface area contributed by atoms with Gasteiger partial charge in [-0.25, -0.2) is 0 Å². The molecule has 0 spiro atoms. The summed E-state index contributed by atoms with van der Waals surface area (Å²) in [4.78, 5) is 0. The Morgan fingerprint density at radius 2 is 1.41 bits per heavy atom. The standard InChI is InChI=1S/C19H22O3/c1-13-12-16(20)18(21)19(22-13)17(14-8-4-2-5-9-14)15-10-6-3-7-11-15/h2-11,13,16-21H,12H2,1H3/t13-,16-,18-,19+/m0/s1. The zero-order chi connectivity index (χ0) is 15.5. The van der Waals surface area contributed by atoms with Crippen molar-refractivity contribution >= 4 is 0 Å². The highest BCUT2D eigenvalue weighted by Gasteiger charge is 2.40. The minimum Gasteiger partial charge on any atom is -0.390 e. The second kappa shape index (κ2) is 6.61. The molecule has 1 heterocycles. The van der Waals surface area contributed by atoms with Crippen molar-refractivity contribution in [3.8, 4) is 0 Å². The molecule has 2 aromatic carbocycles. The van der Waals surface area contributed by atoms with E-state index in [9.17, 15) is 10.2 Å². The van der Waals surface area contributed by atoms with Crippen LogP contribution in [0.3, 0.4) is 0 Å². The topological polar surface area (TPSA) is 49.7 Å². The lowest BCUT2D eigenvalue weighted by molar-refractivity contribution is -0.167. The third kappa shape index (κ3) is 3.07. The van der Waals surface area contributed by atoms with Crippen LogP contribution in [0, 0.1) is 0 Å². The maximum absolute atomic E-state index is 10.5. The average molecular weight is 298 g/mol. The van der Waals surface area contributed by atoms with Crippen LogP contribution in [0.15, 0.2) is 60.7 Å². The van der Waals surface area contributed by atoms with Gasteiger partial charge in [0.2, 0.25) is 0 Å². The maximum atomic E-state index is 10.5. The van der Waals surface area contributed by atoms with Crippen LogP contribution < -0.4 is 0 Å². The molecule has 116 valence electrons. The van der Waals surface area contributed by atoms with Crippen LogP contribution in [0.2, 0.25) is 0 Å². The van der Waals surface area contributed by atoms with Gasteiger partial charge in [0.25, 0.3) is 0 Å². The van der Waals surface area contributed by atoms with Gasteiger partial charge in [0.05, 0.1) is 18.3 Å². The van der Waals surface area contributed by atoms with Crippen molar-refractivity contribution in [2.75, 3.05) is 0 Å². The third-order valence-corrected chi connectivity index (χ3v) is 4.34. The highest BCUT2D eigenvalue weighted by molar-refractivity contribution is 5.34. The van der Waals surface area contributed by atoms with Crippen molar-refractivity contribution in [2.45, 2.75) is 43.7 Å². The molecule has 0 aromatic heterocycles. The first-order valence-corrected chi connectivity index (χ1v) is 7.78. The van der Waals surface area contributed by atoms with Crippen molar-refractivity contribution in [3.63, 3.8) is 0 Å². The number of hydrogen-bond acceptors (Lipinski definition) is 3. The quantitative estimate of drug-likeness (QED) is 0.916. The van der Waals surface area contributed by atoms with Gasteiger partial charge in [-0.1, -0.05) is 60.7 Å². The van der Waals surface area contributed by atoms with Gasteiger partial charge in [0.1, 0.15) is 6.10 Å². The van der Waals surface area contributed by atoms with Gasteiger partial charge in [-0.15, -0.1) is 0 Å². The van der Waals surface area contributed by atoms with Gasteiger partial charge in [0.15, 0.2) is 0 Å². The summed E-state index contributed by atoms with van der Waals surface area (Å²) in [7, 11) is 0. The molecule has 1 aliphatic rings. The molecule has 1 aliphatic heterocycles. The highest BCUT2D eigenvalue weighted by atomic mass is 16.5. The first kappa shape index (κ1) is 15.2. The van der Waals surface area contributed by atoms with Crippen LogP contribution in [-0.2, 0) is 4.74 Å². The Morgan fingerprint density at radius 1 is 0.909 bits per heavy atom. The molecule has 3 heteroatoms. The Labute approximate surface area is 131 Å². The second-order valence-electron chi connectivity index (χ2n) is 6.00. The lowest BCUT2D eigenvalue weighted by Gasteiger charge is -2.40. The summed E-state index contributed by atoms with van der Waals surface area (Å²) in [6.07, 6.45) is -1.69. The van der Waals surface area contributed by atoms with Crippen molar-refractivity contribution in [1.29, 1.82) is 0 Å². The molecule has 0 aliphatic carbocycles. The van der Waals surface area contributed by atoms with Crippen LogP contribution in [-0.4, -0.2) is 34.6 Å². The van der Waals surface area contributed by atoms with Gasteiger partial charge in [0, 0.05) is 12.3 Å². The zero-order valence-electron chi connectivity index (χ0n) is 12.7. The summed E-state index contributed by atoms with van der Waals surface area (Å²) in [6, 6.07) is 20.1. The fourth-order valence-corrected chi connectivity index (χ4v) is 3.27. The summed E-state index contributed by atoms with van der Waals surface area (Å²) < 4.78 is 6.03. The fourth-order valence-electron chi connectivity index (χ4n) is 3.27. The first-order valence-electron chi connectivity index (χ1n) is 7.78. The van der Waals surface area contributed by atoms with Gasteiger partial charge in [-0.05, 0) is 18.1 Å². The van der Waals surface area contributed by atoms with Crippen molar-refractivity contribution < 1.29 is 14.9 Å². The molecule has 0 amide bonds. The van der Waals surface area contributed by atoms with Gasteiger partial charge >= 0.3 is 0 Å². The Hall–Kier alpha value is -1.68. The normalized spacial score (nSPS) is 28.7. The molecule has 2 aromatic rings. The number of hydrogen-bond donors (Lipinski definition) is 2. The predicted molar refractivity (Wildman–Crippen MR) is 85.7 cm³/mol.